The highest BCUT2D eigenvalue weighted by molar-refractivity contribution is 9.10. The first kappa shape index (κ1) is 27.2. The zero-order valence-corrected chi connectivity index (χ0v) is 24.1. The number of para-hydroxylation sites is 1. The first-order valence-corrected chi connectivity index (χ1v) is 14.2. The molecule has 202 valence electrons. The van der Waals surface area contributed by atoms with Crippen molar-refractivity contribution in [1.29, 1.82) is 0 Å². The Kier molecular flexibility index (Phi) is 8.19. The molecule has 39 heavy (non-hydrogen) atoms. The van der Waals surface area contributed by atoms with E-state index in [2.05, 4.69) is 52.0 Å². The molecule has 0 amide bonds. The molecule has 0 unspecified atom stereocenters. The number of rotatable bonds is 7. The van der Waals surface area contributed by atoms with Crippen LogP contribution in [0.5, 0.6) is 5.75 Å². The van der Waals surface area contributed by atoms with Gasteiger partial charge in [0.25, 0.3) is 5.56 Å². The predicted molar refractivity (Wildman–Crippen MR) is 158 cm³/mol. The molecule has 1 aliphatic heterocycles. The van der Waals surface area contributed by atoms with Gasteiger partial charge in [-0.05, 0) is 79.0 Å². The third kappa shape index (κ3) is 5.94. The minimum absolute atomic E-state index is 0.0558. The molecule has 3 aromatic rings. The second-order valence-corrected chi connectivity index (χ2v) is 11.3. The van der Waals surface area contributed by atoms with Gasteiger partial charge in [-0.1, -0.05) is 72.3 Å². The van der Waals surface area contributed by atoms with Gasteiger partial charge in [0.15, 0.2) is 0 Å². The molecule has 2 heterocycles. The van der Waals surface area contributed by atoms with Crippen molar-refractivity contribution in [1.82, 2.24) is 14.3 Å². The van der Waals surface area contributed by atoms with Gasteiger partial charge in [-0.25, -0.2) is 4.68 Å². The molecule has 0 radical (unpaired) electrons. The van der Waals surface area contributed by atoms with Crippen LogP contribution in [0.2, 0.25) is 0 Å². The fourth-order valence-corrected chi connectivity index (χ4v) is 6.10. The highest BCUT2D eigenvalue weighted by Crippen LogP contribution is 2.38. The Balaban J connectivity index is 1.36. The number of allylic oxidation sites excluding steroid dienone is 6. The van der Waals surface area contributed by atoms with E-state index in [0.29, 0.717) is 42.5 Å². The van der Waals surface area contributed by atoms with Crippen LogP contribution < -0.4 is 10.3 Å². The number of aromatic nitrogens is 2. The van der Waals surface area contributed by atoms with E-state index in [1.807, 2.05) is 72.4 Å². The molecule has 0 atom stereocenters. The average molecular weight is 589 g/mol. The number of hydrogen-bond donors (Lipinski definition) is 0. The Morgan fingerprint density at radius 1 is 1.03 bits per heavy atom. The lowest BCUT2D eigenvalue weighted by molar-refractivity contribution is -0.149. The van der Waals surface area contributed by atoms with Crippen molar-refractivity contribution >= 4 is 27.6 Å². The van der Waals surface area contributed by atoms with E-state index >= 15 is 0 Å². The number of ether oxygens (including phenoxy) is 1. The van der Waals surface area contributed by atoms with Crippen LogP contribution in [0.1, 0.15) is 36.1 Å². The molecule has 1 aliphatic carbocycles. The highest BCUT2D eigenvalue weighted by atomic mass is 79.9. The summed E-state index contributed by atoms with van der Waals surface area (Å²) in [6.07, 6.45) is 12.6. The van der Waals surface area contributed by atoms with Crippen LogP contribution in [0.15, 0.2) is 94.2 Å². The molecule has 0 spiro atoms. The van der Waals surface area contributed by atoms with Crippen molar-refractivity contribution in [2.75, 3.05) is 13.1 Å². The Hall–Kier alpha value is -3.42. The third-order valence-electron chi connectivity index (χ3n) is 7.77. The molecular weight excluding hydrogens is 554 g/mol. The number of likely N-dealkylation sites (tertiary alicyclic amines) is 1. The number of hydrogen-bond acceptors (Lipinski definition) is 4. The van der Waals surface area contributed by atoms with Gasteiger partial charge in [-0.15, -0.1) is 0 Å². The quantitative estimate of drug-likeness (QED) is 0.249. The standard InChI is InChI=1S/C32H34BrN3O3/c1-24-11-10-12-25(21-24)22-32(31(38)39-27-15-8-5-9-16-27)17-19-35(20-18-32)23-28-29(33)30(37)36(34(28)2)26-13-6-3-4-7-14-26/h3-13,15-16,21H,14,17-20,22-23H2,1-2H3. The maximum atomic E-state index is 13.7. The number of piperidine rings is 1. The summed E-state index contributed by atoms with van der Waals surface area (Å²) >= 11 is 3.58. The van der Waals surface area contributed by atoms with Crippen molar-refractivity contribution in [2.24, 2.45) is 12.5 Å². The van der Waals surface area contributed by atoms with E-state index in [4.69, 9.17) is 4.74 Å². The number of esters is 1. The molecule has 0 bridgehead atoms. The van der Waals surface area contributed by atoms with Crippen molar-refractivity contribution in [3.05, 3.63) is 117 Å². The average Bonchev–Trinajstić information content (AvgIpc) is 3.11. The van der Waals surface area contributed by atoms with E-state index in [1.165, 1.54) is 5.56 Å². The van der Waals surface area contributed by atoms with Crippen molar-refractivity contribution in [3.63, 3.8) is 0 Å². The summed E-state index contributed by atoms with van der Waals surface area (Å²) in [7, 11) is 1.93. The van der Waals surface area contributed by atoms with Crippen LogP contribution in [-0.4, -0.2) is 33.3 Å². The summed E-state index contributed by atoms with van der Waals surface area (Å²) in [6, 6.07) is 17.7. The van der Waals surface area contributed by atoms with Crippen LogP contribution in [0.25, 0.3) is 5.70 Å². The summed E-state index contributed by atoms with van der Waals surface area (Å²) in [4.78, 5) is 29.2. The fourth-order valence-electron chi connectivity index (χ4n) is 5.55. The molecule has 6 nitrogen and oxygen atoms in total. The minimum Gasteiger partial charge on any atom is -0.426 e. The molecule has 1 aromatic heterocycles. The Morgan fingerprint density at radius 2 is 1.79 bits per heavy atom. The van der Waals surface area contributed by atoms with Crippen LogP contribution in [0, 0.1) is 12.3 Å². The summed E-state index contributed by atoms with van der Waals surface area (Å²) in [5.74, 6) is 0.405. The van der Waals surface area contributed by atoms with Crippen molar-refractivity contribution in [2.45, 2.75) is 39.2 Å². The molecule has 0 N–H and O–H groups in total. The largest absolute Gasteiger partial charge is 0.426 e. The van der Waals surface area contributed by atoms with Crippen LogP contribution in [0.4, 0.5) is 0 Å². The summed E-state index contributed by atoms with van der Waals surface area (Å²) in [5.41, 5.74) is 3.52. The molecule has 1 saturated heterocycles. The molecule has 2 aliphatic rings. The van der Waals surface area contributed by atoms with E-state index in [0.717, 1.165) is 30.0 Å². The van der Waals surface area contributed by atoms with E-state index in [-0.39, 0.29) is 11.5 Å². The lowest BCUT2D eigenvalue weighted by Crippen LogP contribution is -2.47. The molecule has 2 aromatic carbocycles. The summed E-state index contributed by atoms with van der Waals surface area (Å²) in [6.45, 7) is 4.16. The van der Waals surface area contributed by atoms with Gasteiger partial charge in [0.2, 0.25) is 0 Å². The number of carbonyl (C=O) groups is 1. The van der Waals surface area contributed by atoms with E-state index in [1.54, 1.807) is 4.68 Å². The second kappa shape index (κ2) is 11.8. The normalized spacial score (nSPS) is 17.1. The molecule has 1 fully saturated rings. The van der Waals surface area contributed by atoms with Gasteiger partial charge in [0.05, 0.1) is 11.1 Å². The van der Waals surface area contributed by atoms with Gasteiger partial charge in [0.1, 0.15) is 10.2 Å². The van der Waals surface area contributed by atoms with Gasteiger partial charge >= 0.3 is 5.97 Å². The number of aryl methyl sites for hydroxylation is 1. The number of nitrogens with zero attached hydrogens (tertiary/aromatic N) is 3. The van der Waals surface area contributed by atoms with Gasteiger partial charge in [-0.3, -0.25) is 19.2 Å². The zero-order chi connectivity index (χ0) is 27.4. The van der Waals surface area contributed by atoms with E-state index in [9.17, 15) is 9.59 Å². The van der Waals surface area contributed by atoms with Gasteiger partial charge < -0.3 is 4.74 Å². The molecule has 5 rings (SSSR count). The zero-order valence-electron chi connectivity index (χ0n) is 22.5. The minimum atomic E-state index is -0.612. The van der Waals surface area contributed by atoms with Crippen molar-refractivity contribution in [3.8, 4) is 5.75 Å². The Morgan fingerprint density at radius 3 is 2.54 bits per heavy atom. The van der Waals surface area contributed by atoms with Crippen LogP contribution in [-0.2, 0) is 24.8 Å². The third-order valence-corrected chi connectivity index (χ3v) is 8.57. The summed E-state index contributed by atoms with van der Waals surface area (Å²) < 4.78 is 10.2. The van der Waals surface area contributed by atoms with E-state index < -0.39 is 5.41 Å². The smallest absolute Gasteiger partial charge is 0.317 e. The molecular formula is C32H34BrN3O3. The van der Waals surface area contributed by atoms with Crippen LogP contribution in [0.3, 0.4) is 0 Å². The van der Waals surface area contributed by atoms with Crippen molar-refractivity contribution < 1.29 is 9.53 Å². The maximum absolute atomic E-state index is 13.7. The number of benzene rings is 2. The monoisotopic (exact) mass is 587 g/mol. The number of halogens is 1. The topological polar surface area (TPSA) is 56.5 Å². The predicted octanol–water partition coefficient (Wildman–Crippen LogP) is 6.05. The second-order valence-electron chi connectivity index (χ2n) is 10.5. The summed E-state index contributed by atoms with van der Waals surface area (Å²) in [5, 5.41) is 0. The SMILES string of the molecule is Cc1cccc(CC2(C(=O)Oc3ccccc3)CCN(Cc3c(Br)c(=O)n(C4=CC=CC=CC4)n3C)CC2)c1. The molecule has 7 heteroatoms. The highest BCUT2D eigenvalue weighted by Gasteiger charge is 2.43. The van der Waals surface area contributed by atoms with Gasteiger partial charge in [0, 0.05) is 25.7 Å². The first-order valence-electron chi connectivity index (χ1n) is 13.4. The maximum Gasteiger partial charge on any atom is 0.317 e. The fraction of sp³-hybridized carbons (Fsp3) is 0.312. The lowest BCUT2D eigenvalue weighted by Gasteiger charge is -2.40. The van der Waals surface area contributed by atoms with Gasteiger partial charge in [-0.2, -0.15) is 0 Å². The lowest BCUT2D eigenvalue weighted by atomic mass is 9.73. The Labute approximate surface area is 238 Å². The Bertz CT molecular complexity index is 1490. The molecule has 0 saturated carbocycles. The first-order chi connectivity index (χ1) is 18.9. The van der Waals surface area contributed by atoms with Crippen LogP contribution >= 0.6 is 15.9 Å². The number of carbonyl (C=O) groups excluding carboxylic acids is 1.